The number of carbonyl (C=O) groups excluding carboxylic acids is 1. The number of fused-ring (bicyclic) bond motifs is 1. The number of hydrogen-bond acceptors (Lipinski definition) is 3. The molecular weight excluding hydrogens is 384 g/mol. The van der Waals surface area contributed by atoms with Gasteiger partial charge in [-0.3, -0.25) is 4.79 Å². The number of sulfonamides is 1. The molecule has 1 fully saturated rings. The van der Waals surface area contributed by atoms with Gasteiger partial charge in [0.25, 0.3) is 0 Å². The Hall–Kier alpha value is -2.18. The van der Waals surface area contributed by atoms with Gasteiger partial charge in [-0.25, -0.2) is 8.42 Å². The van der Waals surface area contributed by atoms with Crippen molar-refractivity contribution in [2.24, 2.45) is 0 Å². The Balaban J connectivity index is 1.61. The molecule has 0 radical (unpaired) electrons. The molecule has 0 bridgehead atoms. The van der Waals surface area contributed by atoms with Crippen LogP contribution in [0.25, 0.3) is 0 Å². The van der Waals surface area contributed by atoms with E-state index in [2.05, 4.69) is 0 Å². The van der Waals surface area contributed by atoms with Crippen molar-refractivity contribution in [3.05, 3.63) is 59.7 Å². The molecule has 0 atom stereocenters. The first-order chi connectivity index (χ1) is 13.8. The molecule has 2 aliphatic heterocycles. The van der Waals surface area contributed by atoms with Crippen LogP contribution in [0.5, 0.6) is 0 Å². The minimum Gasteiger partial charge on any atom is -0.311 e. The molecule has 0 aliphatic carbocycles. The molecule has 6 heteroatoms. The van der Waals surface area contributed by atoms with Gasteiger partial charge in [-0.15, -0.1) is 0 Å². The Morgan fingerprint density at radius 2 is 1.62 bits per heavy atom. The van der Waals surface area contributed by atoms with Crippen LogP contribution in [0, 0.1) is 0 Å². The van der Waals surface area contributed by atoms with Crippen LogP contribution in [-0.4, -0.2) is 38.3 Å². The van der Waals surface area contributed by atoms with Gasteiger partial charge in [0.05, 0.1) is 10.3 Å². The summed E-state index contributed by atoms with van der Waals surface area (Å²) in [5, 5.41) is 0. The highest BCUT2D eigenvalue weighted by Crippen LogP contribution is 2.35. The van der Waals surface area contributed by atoms with Gasteiger partial charge in [0.15, 0.2) is 0 Å². The first-order valence-electron chi connectivity index (χ1n) is 10.3. The molecule has 154 valence electrons. The number of nitrogens with zero attached hydrogens (tertiary/aromatic N) is 2. The summed E-state index contributed by atoms with van der Waals surface area (Å²) in [7, 11) is -3.46. The van der Waals surface area contributed by atoms with E-state index < -0.39 is 15.4 Å². The molecule has 0 aromatic heterocycles. The normalized spacial score (nSPS) is 17.9. The third kappa shape index (κ3) is 3.60. The van der Waals surface area contributed by atoms with E-state index >= 15 is 0 Å². The van der Waals surface area contributed by atoms with Crippen LogP contribution >= 0.6 is 0 Å². The summed E-state index contributed by atoms with van der Waals surface area (Å²) in [5.74, 6) is 0.0362. The number of hydrogen-bond donors (Lipinski definition) is 0. The van der Waals surface area contributed by atoms with Gasteiger partial charge in [0.1, 0.15) is 0 Å². The van der Waals surface area contributed by atoms with Crippen molar-refractivity contribution >= 4 is 21.6 Å². The summed E-state index contributed by atoms with van der Waals surface area (Å²) in [6.45, 7) is 5.65. The Morgan fingerprint density at radius 1 is 0.931 bits per heavy atom. The summed E-state index contributed by atoms with van der Waals surface area (Å²) < 4.78 is 27.6. The van der Waals surface area contributed by atoms with Crippen molar-refractivity contribution in [1.29, 1.82) is 0 Å². The highest BCUT2D eigenvalue weighted by Gasteiger charge is 2.37. The van der Waals surface area contributed by atoms with Gasteiger partial charge in [-0.2, -0.15) is 4.31 Å². The minimum atomic E-state index is -3.46. The number of anilines is 1. The lowest BCUT2D eigenvalue weighted by atomic mass is 9.83. The van der Waals surface area contributed by atoms with Gasteiger partial charge >= 0.3 is 0 Å². The maximum atomic E-state index is 13.4. The summed E-state index contributed by atoms with van der Waals surface area (Å²) in [6, 6.07) is 15.0. The number of rotatable bonds is 4. The molecule has 2 aromatic carbocycles. The van der Waals surface area contributed by atoms with E-state index in [4.69, 9.17) is 0 Å². The summed E-state index contributed by atoms with van der Waals surface area (Å²) in [4.78, 5) is 15.5. The number of carbonyl (C=O) groups is 1. The fourth-order valence-corrected chi connectivity index (χ4v) is 5.89. The van der Waals surface area contributed by atoms with Gasteiger partial charge in [-0.1, -0.05) is 36.8 Å². The lowest BCUT2D eigenvalue weighted by Crippen LogP contribution is -2.42. The largest absolute Gasteiger partial charge is 0.311 e. The van der Waals surface area contributed by atoms with E-state index in [9.17, 15) is 13.2 Å². The standard InChI is InChI=1S/C23H28N2O3S/c1-23(2,19-9-5-3-6-10-19)22(26)25-16-13-18-17-20(11-12-21(18)25)29(27,28)24-14-7-4-8-15-24/h3,5-6,9-12,17H,4,7-8,13-16H2,1-2H3. The minimum absolute atomic E-state index is 0.0362. The van der Waals surface area contributed by atoms with E-state index in [-0.39, 0.29) is 5.91 Å². The summed E-state index contributed by atoms with van der Waals surface area (Å²) in [5.41, 5.74) is 2.08. The first-order valence-corrected chi connectivity index (χ1v) is 11.8. The zero-order chi connectivity index (χ0) is 20.6. The molecule has 0 unspecified atom stereocenters. The van der Waals surface area contributed by atoms with E-state index in [1.807, 2.05) is 44.2 Å². The Labute approximate surface area is 173 Å². The SMILES string of the molecule is CC(C)(C(=O)N1CCc2cc(S(=O)(=O)N3CCCCC3)ccc21)c1ccccc1. The smallest absolute Gasteiger partial charge is 0.243 e. The van der Waals surface area contributed by atoms with E-state index in [0.717, 1.165) is 36.1 Å². The van der Waals surface area contributed by atoms with Crippen LogP contribution in [0.1, 0.15) is 44.2 Å². The topological polar surface area (TPSA) is 57.7 Å². The fourth-order valence-electron chi connectivity index (χ4n) is 4.32. The maximum Gasteiger partial charge on any atom is 0.243 e. The summed E-state index contributed by atoms with van der Waals surface area (Å²) in [6.07, 6.45) is 3.60. The molecule has 1 amide bonds. The van der Waals surface area contributed by atoms with Gasteiger partial charge in [0, 0.05) is 25.3 Å². The Kier molecular flexibility index (Phi) is 5.25. The van der Waals surface area contributed by atoms with Gasteiger partial charge in [0.2, 0.25) is 15.9 Å². The van der Waals surface area contributed by atoms with Crippen LogP contribution in [0.2, 0.25) is 0 Å². The molecule has 2 aromatic rings. The number of benzene rings is 2. The third-order valence-corrected chi connectivity index (χ3v) is 8.07. The van der Waals surface area contributed by atoms with Crippen molar-refractivity contribution in [2.75, 3.05) is 24.5 Å². The number of amides is 1. The predicted molar refractivity (Wildman–Crippen MR) is 115 cm³/mol. The second kappa shape index (κ2) is 7.58. The monoisotopic (exact) mass is 412 g/mol. The quantitative estimate of drug-likeness (QED) is 0.769. The molecular formula is C23H28N2O3S. The zero-order valence-corrected chi connectivity index (χ0v) is 17.9. The van der Waals surface area contributed by atoms with E-state index in [1.54, 1.807) is 27.4 Å². The van der Waals surface area contributed by atoms with E-state index in [0.29, 0.717) is 31.0 Å². The third-order valence-electron chi connectivity index (χ3n) is 6.17. The van der Waals surface area contributed by atoms with Crippen molar-refractivity contribution in [2.45, 2.75) is 49.8 Å². The van der Waals surface area contributed by atoms with Crippen LogP contribution in [-0.2, 0) is 26.7 Å². The highest BCUT2D eigenvalue weighted by molar-refractivity contribution is 7.89. The Bertz CT molecular complexity index is 1010. The molecule has 1 saturated heterocycles. The Morgan fingerprint density at radius 3 is 2.31 bits per heavy atom. The highest BCUT2D eigenvalue weighted by atomic mass is 32.2. The lowest BCUT2D eigenvalue weighted by molar-refractivity contribution is -0.122. The molecule has 0 saturated carbocycles. The van der Waals surface area contributed by atoms with E-state index in [1.165, 1.54) is 0 Å². The molecule has 2 aliphatic rings. The maximum absolute atomic E-state index is 13.4. The molecule has 2 heterocycles. The van der Waals surface area contributed by atoms with Gasteiger partial charge < -0.3 is 4.90 Å². The van der Waals surface area contributed by atoms with Gasteiger partial charge in [-0.05, 0) is 62.4 Å². The second-order valence-corrected chi connectivity index (χ2v) is 10.4. The molecule has 29 heavy (non-hydrogen) atoms. The predicted octanol–water partition coefficient (Wildman–Crippen LogP) is 3.73. The van der Waals surface area contributed by atoms with Crippen molar-refractivity contribution < 1.29 is 13.2 Å². The van der Waals surface area contributed by atoms with Crippen LogP contribution < -0.4 is 4.90 Å². The number of piperidine rings is 1. The van der Waals surface area contributed by atoms with Crippen LogP contribution in [0.4, 0.5) is 5.69 Å². The van der Waals surface area contributed by atoms with Crippen molar-refractivity contribution in [3.8, 4) is 0 Å². The second-order valence-electron chi connectivity index (χ2n) is 8.45. The molecule has 5 nitrogen and oxygen atoms in total. The average molecular weight is 413 g/mol. The first kappa shape index (κ1) is 20.1. The zero-order valence-electron chi connectivity index (χ0n) is 17.1. The molecule has 0 N–H and O–H groups in total. The average Bonchev–Trinajstić information content (AvgIpc) is 3.17. The van der Waals surface area contributed by atoms with Crippen LogP contribution in [0.15, 0.2) is 53.4 Å². The lowest BCUT2D eigenvalue weighted by Gasteiger charge is -2.30. The summed E-state index contributed by atoms with van der Waals surface area (Å²) >= 11 is 0. The van der Waals surface area contributed by atoms with Crippen LogP contribution in [0.3, 0.4) is 0 Å². The van der Waals surface area contributed by atoms with Crippen molar-refractivity contribution in [1.82, 2.24) is 4.31 Å². The molecule has 0 spiro atoms. The van der Waals surface area contributed by atoms with Crippen molar-refractivity contribution in [3.63, 3.8) is 0 Å². The fraction of sp³-hybridized carbons (Fsp3) is 0.435. The molecule has 4 rings (SSSR count).